The molecular weight excluding hydrogens is 320 g/mol. The molecule has 0 radical (unpaired) electrons. The number of primary amides is 1. The van der Waals surface area contributed by atoms with Crippen LogP contribution in [0.15, 0.2) is 30.3 Å². The molecule has 0 heterocycles. The minimum atomic E-state index is -0.766. The Hall–Kier alpha value is -2.41. The topological polar surface area (TPSA) is 105 Å². The van der Waals surface area contributed by atoms with E-state index in [-0.39, 0.29) is 30.9 Å². The van der Waals surface area contributed by atoms with Gasteiger partial charge in [-0.2, -0.15) is 0 Å². The van der Waals surface area contributed by atoms with Crippen LogP contribution in [0.2, 0.25) is 0 Å². The van der Waals surface area contributed by atoms with Crippen LogP contribution in [0.25, 0.3) is 0 Å². The van der Waals surface area contributed by atoms with Crippen LogP contribution in [-0.4, -0.2) is 48.8 Å². The molecule has 1 fully saturated rings. The van der Waals surface area contributed by atoms with Gasteiger partial charge in [-0.3, -0.25) is 19.3 Å². The molecule has 0 aliphatic heterocycles. The van der Waals surface area contributed by atoms with E-state index < -0.39 is 11.9 Å². The van der Waals surface area contributed by atoms with Crippen molar-refractivity contribution >= 4 is 17.7 Å². The molecule has 0 saturated heterocycles. The maximum atomic E-state index is 12.5. The average Bonchev–Trinajstić information content (AvgIpc) is 3.13. The van der Waals surface area contributed by atoms with E-state index in [1.54, 1.807) is 12.1 Å². The van der Waals surface area contributed by atoms with Crippen LogP contribution in [0.3, 0.4) is 0 Å². The number of nitrogens with zero attached hydrogens (tertiary/aromatic N) is 1. The Morgan fingerprint density at radius 1 is 1.16 bits per heavy atom. The van der Waals surface area contributed by atoms with E-state index in [0.29, 0.717) is 5.56 Å². The van der Waals surface area contributed by atoms with Crippen molar-refractivity contribution < 1.29 is 14.4 Å². The molecule has 2 rings (SSSR count). The highest BCUT2D eigenvalue weighted by Gasteiger charge is 2.27. The zero-order valence-electron chi connectivity index (χ0n) is 14.5. The molecule has 1 saturated carbocycles. The molecule has 1 aliphatic rings. The van der Waals surface area contributed by atoms with Gasteiger partial charge >= 0.3 is 0 Å². The van der Waals surface area contributed by atoms with Gasteiger partial charge in [0.1, 0.15) is 6.04 Å². The smallest absolute Gasteiger partial charge is 0.246 e. The van der Waals surface area contributed by atoms with Gasteiger partial charge in [0, 0.05) is 13.1 Å². The number of rotatable bonds is 8. The van der Waals surface area contributed by atoms with Gasteiger partial charge in [0.25, 0.3) is 0 Å². The summed E-state index contributed by atoms with van der Waals surface area (Å²) >= 11 is 0. The van der Waals surface area contributed by atoms with Gasteiger partial charge in [0.05, 0.1) is 13.1 Å². The Kier molecular flexibility index (Phi) is 6.94. The number of benzene rings is 1. The molecule has 0 spiro atoms. The van der Waals surface area contributed by atoms with Crippen molar-refractivity contribution in [2.75, 3.05) is 20.1 Å². The number of hydrogen-bond donors (Lipinski definition) is 3. The molecule has 7 heteroatoms. The molecule has 1 unspecified atom stereocenters. The second-order valence-corrected chi connectivity index (χ2v) is 6.34. The van der Waals surface area contributed by atoms with Crippen molar-refractivity contribution in [3.63, 3.8) is 0 Å². The number of nitrogens with two attached hydrogens (primary N) is 1. The lowest BCUT2D eigenvalue weighted by molar-refractivity contribution is -0.130. The zero-order valence-corrected chi connectivity index (χ0v) is 14.5. The second kappa shape index (κ2) is 9.17. The average molecular weight is 346 g/mol. The normalized spacial score (nSPS) is 15.8. The highest BCUT2D eigenvalue weighted by Crippen LogP contribution is 2.23. The van der Waals surface area contributed by atoms with Crippen molar-refractivity contribution in [2.24, 2.45) is 5.73 Å². The summed E-state index contributed by atoms with van der Waals surface area (Å²) in [5.74, 6) is -1.04. The van der Waals surface area contributed by atoms with Crippen molar-refractivity contribution in [1.82, 2.24) is 15.5 Å². The Morgan fingerprint density at radius 3 is 2.36 bits per heavy atom. The SMILES string of the molecule is CNC(=O)C(NC(=O)CN(CC(N)=O)C1CCCC1)c1ccccc1. The molecule has 7 nitrogen and oxygen atoms in total. The van der Waals surface area contributed by atoms with Gasteiger partial charge in [-0.1, -0.05) is 43.2 Å². The number of amides is 3. The minimum Gasteiger partial charge on any atom is -0.369 e. The summed E-state index contributed by atoms with van der Waals surface area (Å²) in [7, 11) is 1.53. The van der Waals surface area contributed by atoms with Gasteiger partial charge < -0.3 is 16.4 Å². The van der Waals surface area contributed by atoms with E-state index in [1.807, 2.05) is 23.1 Å². The fraction of sp³-hybridized carbons (Fsp3) is 0.500. The molecule has 1 atom stereocenters. The number of likely N-dealkylation sites (N-methyl/N-ethyl adjacent to an activating group) is 1. The lowest BCUT2D eigenvalue weighted by Crippen LogP contribution is -2.48. The highest BCUT2D eigenvalue weighted by atomic mass is 16.2. The van der Waals surface area contributed by atoms with Crippen molar-refractivity contribution in [3.8, 4) is 0 Å². The van der Waals surface area contributed by atoms with Crippen LogP contribution in [0, 0.1) is 0 Å². The molecule has 1 aromatic rings. The van der Waals surface area contributed by atoms with E-state index in [1.165, 1.54) is 7.05 Å². The lowest BCUT2D eigenvalue weighted by atomic mass is 10.1. The summed E-state index contributed by atoms with van der Waals surface area (Å²) < 4.78 is 0. The number of carbonyl (C=O) groups excluding carboxylic acids is 3. The molecule has 0 bridgehead atoms. The number of nitrogens with one attached hydrogen (secondary N) is 2. The number of carbonyl (C=O) groups is 3. The van der Waals surface area contributed by atoms with E-state index in [9.17, 15) is 14.4 Å². The first-order chi connectivity index (χ1) is 12.0. The standard InChI is InChI=1S/C18H26N4O3/c1-20-18(25)17(13-7-3-2-4-8-13)21-16(24)12-22(11-15(19)23)14-9-5-6-10-14/h2-4,7-8,14,17H,5-6,9-12H2,1H3,(H2,19,23)(H,20,25)(H,21,24). The summed E-state index contributed by atoms with van der Waals surface area (Å²) in [6.07, 6.45) is 4.09. The van der Waals surface area contributed by atoms with Crippen LogP contribution in [0.1, 0.15) is 37.3 Å². The van der Waals surface area contributed by atoms with Gasteiger partial charge in [-0.25, -0.2) is 0 Å². The van der Waals surface area contributed by atoms with Gasteiger partial charge in [-0.15, -0.1) is 0 Å². The van der Waals surface area contributed by atoms with E-state index in [0.717, 1.165) is 25.7 Å². The molecule has 0 aromatic heterocycles. The van der Waals surface area contributed by atoms with Gasteiger partial charge in [0.15, 0.2) is 0 Å². The molecule has 1 aromatic carbocycles. The van der Waals surface area contributed by atoms with Crippen molar-refractivity contribution in [3.05, 3.63) is 35.9 Å². The summed E-state index contributed by atoms with van der Waals surface area (Å²) in [6.45, 7) is 0.0992. The third-order valence-electron chi connectivity index (χ3n) is 4.49. The highest BCUT2D eigenvalue weighted by molar-refractivity contribution is 5.89. The minimum absolute atomic E-state index is 0.0495. The zero-order chi connectivity index (χ0) is 18.2. The predicted octanol–water partition coefficient (Wildman–Crippen LogP) is 0.320. The van der Waals surface area contributed by atoms with Crippen LogP contribution in [0.5, 0.6) is 0 Å². The molecular formula is C18H26N4O3. The summed E-state index contributed by atoms with van der Waals surface area (Å²) in [5, 5.41) is 5.33. The fourth-order valence-corrected chi connectivity index (χ4v) is 3.26. The Morgan fingerprint density at radius 2 is 1.80 bits per heavy atom. The predicted molar refractivity (Wildman–Crippen MR) is 94.4 cm³/mol. The summed E-state index contributed by atoms with van der Waals surface area (Å²) in [4.78, 5) is 37.8. The first kappa shape index (κ1) is 18.9. The first-order valence-corrected chi connectivity index (χ1v) is 8.59. The maximum absolute atomic E-state index is 12.5. The lowest BCUT2D eigenvalue weighted by Gasteiger charge is -2.27. The number of hydrogen-bond acceptors (Lipinski definition) is 4. The summed E-state index contributed by atoms with van der Waals surface area (Å²) in [6, 6.07) is 8.48. The Balaban J connectivity index is 2.05. The molecule has 4 N–H and O–H groups in total. The Labute approximate surface area is 147 Å². The third-order valence-corrected chi connectivity index (χ3v) is 4.49. The van der Waals surface area contributed by atoms with E-state index >= 15 is 0 Å². The van der Waals surface area contributed by atoms with Gasteiger partial charge in [-0.05, 0) is 18.4 Å². The molecule has 136 valence electrons. The maximum Gasteiger partial charge on any atom is 0.246 e. The van der Waals surface area contributed by atoms with E-state index in [2.05, 4.69) is 10.6 Å². The Bertz CT molecular complexity index is 600. The molecule has 3 amide bonds. The van der Waals surface area contributed by atoms with Crippen molar-refractivity contribution in [1.29, 1.82) is 0 Å². The monoisotopic (exact) mass is 346 g/mol. The van der Waals surface area contributed by atoms with E-state index in [4.69, 9.17) is 5.73 Å². The van der Waals surface area contributed by atoms with Crippen LogP contribution < -0.4 is 16.4 Å². The first-order valence-electron chi connectivity index (χ1n) is 8.59. The largest absolute Gasteiger partial charge is 0.369 e. The van der Waals surface area contributed by atoms with Gasteiger partial charge in [0.2, 0.25) is 17.7 Å². The molecule has 1 aliphatic carbocycles. The van der Waals surface area contributed by atoms with Crippen LogP contribution in [0.4, 0.5) is 0 Å². The third kappa shape index (κ3) is 5.56. The van der Waals surface area contributed by atoms with Crippen molar-refractivity contribution in [2.45, 2.75) is 37.8 Å². The fourth-order valence-electron chi connectivity index (χ4n) is 3.26. The quantitative estimate of drug-likeness (QED) is 0.630. The van der Waals surface area contributed by atoms with Crippen LogP contribution in [-0.2, 0) is 14.4 Å². The summed E-state index contributed by atoms with van der Waals surface area (Å²) in [5.41, 5.74) is 6.03. The second-order valence-electron chi connectivity index (χ2n) is 6.34. The molecule has 25 heavy (non-hydrogen) atoms. The van der Waals surface area contributed by atoms with Crippen LogP contribution >= 0.6 is 0 Å².